The van der Waals surface area contributed by atoms with Crippen molar-refractivity contribution < 1.29 is 0 Å². The summed E-state index contributed by atoms with van der Waals surface area (Å²) in [6.45, 7) is 1.85. The number of hydrogen-bond acceptors (Lipinski definition) is 3. The number of aryl methyl sites for hydroxylation is 1. The third-order valence-electron chi connectivity index (χ3n) is 1.43. The van der Waals surface area contributed by atoms with Gasteiger partial charge in [-0.25, -0.2) is 19.3 Å². The Hall–Kier alpha value is -1.65. The molecule has 1 N–H and O–H groups in total. The molecule has 56 valence electrons. The molecule has 0 fully saturated rings. The number of nitrogens with zero attached hydrogens (tertiary/aromatic N) is 3. The van der Waals surface area contributed by atoms with Crippen molar-refractivity contribution in [1.29, 1.82) is 0 Å². The van der Waals surface area contributed by atoms with Gasteiger partial charge in [-0.15, -0.1) is 5.10 Å². The molecule has 2 aromatic rings. The van der Waals surface area contributed by atoms with Crippen molar-refractivity contribution in [3.8, 4) is 0 Å². The maximum Gasteiger partial charge on any atom is 0.348 e. The number of rotatable bonds is 0. The van der Waals surface area contributed by atoms with Crippen molar-refractivity contribution >= 4 is 5.78 Å². The average molecular weight is 150 g/mol. The van der Waals surface area contributed by atoms with E-state index in [1.54, 1.807) is 12.3 Å². The molecule has 0 saturated heterocycles. The summed E-state index contributed by atoms with van der Waals surface area (Å²) in [5, 5.41) is 5.99. The first-order chi connectivity index (χ1) is 5.27. The molecular formula is C6H6N4O. The van der Waals surface area contributed by atoms with Crippen molar-refractivity contribution in [2.24, 2.45) is 0 Å². The summed E-state index contributed by atoms with van der Waals surface area (Å²) in [6, 6.07) is 1.75. The summed E-state index contributed by atoms with van der Waals surface area (Å²) in [5.74, 6) is 0.412. The molecular weight excluding hydrogens is 144 g/mol. The van der Waals surface area contributed by atoms with E-state index in [0.29, 0.717) is 5.78 Å². The Morgan fingerprint density at radius 3 is 3.27 bits per heavy atom. The van der Waals surface area contributed by atoms with Crippen LogP contribution in [0.4, 0.5) is 0 Å². The third-order valence-corrected chi connectivity index (χ3v) is 1.43. The standard InChI is InChI=1S/C6H6N4O/c1-4-2-3-10-5(7-4)8-9-6(10)11/h2-3H,1H3,(H,9,11). The molecule has 11 heavy (non-hydrogen) atoms. The fraction of sp³-hybridized carbons (Fsp3) is 0.167. The fourth-order valence-electron chi connectivity index (χ4n) is 0.887. The second kappa shape index (κ2) is 1.91. The topological polar surface area (TPSA) is 63.0 Å². The van der Waals surface area contributed by atoms with Crippen LogP contribution in [0, 0.1) is 6.92 Å². The van der Waals surface area contributed by atoms with Crippen LogP contribution in [0.1, 0.15) is 5.69 Å². The minimum absolute atomic E-state index is 0.257. The van der Waals surface area contributed by atoms with E-state index in [0.717, 1.165) is 5.69 Å². The van der Waals surface area contributed by atoms with Gasteiger partial charge in [0.2, 0.25) is 0 Å². The normalized spacial score (nSPS) is 10.6. The lowest BCUT2D eigenvalue weighted by atomic mass is 10.5. The van der Waals surface area contributed by atoms with Gasteiger partial charge in [-0.1, -0.05) is 0 Å². The smallest absolute Gasteiger partial charge is 0.246 e. The molecule has 5 nitrogen and oxygen atoms in total. The molecule has 2 rings (SSSR count). The SMILES string of the molecule is Cc1ccn2c(=O)[nH]nc2n1. The van der Waals surface area contributed by atoms with Crippen molar-refractivity contribution in [2.75, 3.05) is 0 Å². The summed E-state index contributed by atoms with van der Waals surface area (Å²) < 4.78 is 1.35. The van der Waals surface area contributed by atoms with Gasteiger partial charge in [-0.2, -0.15) is 0 Å². The first kappa shape index (κ1) is 6.09. The van der Waals surface area contributed by atoms with Crippen LogP contribution < -0.4 is 5.69 Å². The molecule has 0 amide bonds. The molecule has 2 heterocycles. The van der Waals surface area contributed by atoms with Gasteiger partial charge in [0, 0.05) is 11.9 Å². The van der Waals surface area contributed by atoms with Gasteiger partial charge >= 0.3 is 5.69 Å². The highest BCUT2D eigenvalue weighted by Gasteiger charge is 1.98. The van der Waals surface area contributed by atoms with Crippen LogP contribution in [0.25, 0.3) is 5.78 Å². The number of aromatic amines is 1. The molecule has 0 bridgehead atoms. The maximum absolute atomic E-state index is 10.9. The van der Waals surface area contributed by atoms with Gasteiger partial charge in [-0.3, -0.25) is 0 Å². The lowest BCUT2D eigenvalue weighted by Crippen LogP contribution is -2.08. The molecule has 5 heteroatoms. The number of fused-ring (bicyclic) bond motifs is 1. The summed E-state index contributed by atoms with van der Waals surface area (Å²) in [5.41, 5.74) is 0.587. The Bertz CT molecular complexity index is 441. The summed E-state index contributed by atoms with van der Waals surface area (Å²) in [6.07, 6.45) is 1.64. The van der Waals surface area contributed by atoms with E-state index in [4.69, 9.17) is 0 Å². The molecule has 0 atom stereocenters. The predicted octanol–water partition coefficient (Wildman–Crippen LogP) is -0.274. The molecule has 0 radical (unpaired) electrons. The monoisotopic (exact) mass is 150 g/mol. The largest absolute Gasteiger partial charge is 0.348 e. The molecule has 0 spiro atoms. The van der Waals surface area contributed by atoms with E-state index in [-0.39, 0.29) is 5.69 Å². The zero-order valence-electron chi connectivity index (χ0n) is 5.90. The fourth-order valence-corrected chi connectivity index (χ4v) is 0.887. The Balaban J connectivity index is 2.97. The van der Waals surface area contributed by atoms with Crippen molar-refractivity contribution in [3.05, 3.63) is 28.4 Å². The van der Waals surface area contributed by atoms with Crippen molar-refractivity contribution in [3.63, 3.8) is 0 Å². The highest BCUT2D eigenvalue weighted by molar-refractivity contribution is 5.25. The number of nitrogens with one attached hydrogen (secondary N) is 1. The Morgan fingerprint density at radius 1 is 1.64 bits per heavy atom. The Labute approximate surface area is 61.7 Å². The molecule has 0 saturated carbocycles. The zero-order valence-corrected chi connectivity index (χ0v) is 5.90. The molecule has 0 unspecified atom stereocenters. The van der Waals surface area contributed by atoms with Gasteiger partial charge in [0.25, 0.3) is 5.78 Å². The van der Waals surface area contributed by atoms with E-state index >= 15 is 0 Å². The van der Waals surface area contributed by atoms with E-state index < -0.39 is 0 Å². The highest BCUT2D eigenvalue weighted by atomic mass is 16.1. The lowest BCUT2D eigenvalue weighted by Gasteiger charge is -1.89. The average Bonchev–Trinajstić information content (AvgIpc) is 2.32. The van der Waals surface area contributed by atoms with Crippen LogP contribution in [0.2, 0.25) is 0 Å². The summed E-state index contributed by atoms with van der Waals surface area (Å²) in [4.78, 5) is 14.9. The van der Waals surface area contributed by atoms with Gasteiger partial charge in [0.05, 0.1) is 0 Å². The van der Waals surface area contributed by atoms with Crippen LogP contribution >= 0.6 is 0 Å². The van der Waals surface area contributed by atoms with Crippen LogP contribution in [-0.2, 0) is 0 Å². The molecule has 0 aliphatic carbocycles. The van der Waals surface area contributed by atoms with Crippen LogP contribution in [0.15, 0.2) is 17.1 Å². The Kier molecular flexibility index (Phi) is 1.06. The molecule has 0 aromatic carbocycles. The maximum atomic E-state index is 10.9. The minimum atomic E-state index is -0.257. The van der Waals surface area contributed by atoms with Crippen LogP contribution in [0.5, 0.6) is 0 Å². The van der Waals surface area contributed by atoms with Crippen molar-refractivity contribution in [1.82, 2.24) is 19.6 Å². The quantitative estimate of drug-likeness (QED) is 0.562. The highest BCUT2D eigenvalue weighted by Crippen LogP contribution is 1.92. The number of hydrogen-bond donors (Lipinski definition) is 1. The minimum Gasteiger partial charge on any atom is -0.246 e. The van der Waals surface area contributed by atoms with Crippen molar-refractivity contribution in [2.45, 2.75) is 6.92 Å². The van der Waals surface area contributed by atoms with E-state index in [2.05, 4.69) is 15.2 Å². The van der Waals surface area contributed by atoms with Gasteiger partial charge < -0.3 is 0 Å². The van der Waals surface area contributed by atoms with Crippen LogP contribution in [0.3, 0.4) is 0 Å². The van der Waals surface area contributed by atoms with Gasteiger partial charge in [-0.05, 0) is 13.0 Å². The first-order valence-corrected chi connectivity index (χ1v) is 3.18. The summed E-state index contributed by atoms with van der Waals surface area (Å²) in [7, 11) is 0. The van der Waals surface area contributed by atoms with E-state index in [9.17, 15) is 4.79 Å². The number of H-pyrrole nitrogens is 1. The molecule has 2 aromatic heterocycles. The predicted molar refractivity (Wildman–Crippen MR) is 38.3 cm³/mol. The van der Waals surface area contributed by atoms with E-state index in [1.807, 2.05) is 6.92 Å². The van der Waals surface area contributed by atoms with Gasteiger partial charge in [0.15, 0.2) is 0 Å². The molecule has 0 aliphatic rings. The third kappa shape index (κ3) is 0.813. The lowest BCUT2D eigenvalue weighted by molar-refractivity contribution is 1.02. The van der Waals surface area contributed by atoms with Crippen LogP contribution in [-0.4, -0.2) is 19.6 Å². The summed E-state index contributed by atoms with van der Waals surface area (Å²) >= 11 is 0. The first-order valence-electron chi connectivity index (χ1n) is 3.18. The number of aromatic nitrogens is 4. The zero-order chi connectivity index (χ0) is 7.84. The molecule has 0 aliphatic heterocycles. The Morgan fingerprint density at radius 2 is 2.45 bits per heavy atom. The second-order valence-electron chi connectivity index (χ2n) is 2.27. The second-order valence-corrected chi connectivity index (χ2v) is 2.27. The van der Waals surface area contributed by atoms with Gasteiger partial charge in [0.1, 0.15) is 0 Å². The van der Waals surface area contributed by atoms with E-state index in [1.165, 1.54) is 4.40 Å².